The first-order valence-corrected chi connectivity index (χ1v) is 8.35. The summed E-state index contributed by atoms with van der Waals surface area (Å²) in [7, 11) is 0. The Labute approximate surface area is 153 Å². The van der Waals surface area contributed by atoms with Gasteiger partial charge in [-0.3, -0.25) is 0 Å². The lowest BCUT2D eigenvalue weighted by Gasteiger charge is -2.31. The van der Waals surface area contributed by atoms with Crippen molar-refractivity contribution in [2.45, 2.75) is 12.6 Å². The number of amides is 2. The van der Waals surface area contributed by atoms with Crippen LogP contribution in [0.15, 0.2) is 41.6 Å². The Hall–Kier alpha value is -2.19. The Morgan fingerprint density at radius 2 is 2.15 bits per heavy atom. The standard InChI is InChI=1S/C17H17ClF3N3O2/c18-14-4-3-12(8-13(14)17(19,20)21)23-16(25)24-6-5-15-11(9-24)2-1-7-26-10-22-15/h1-4,8,22H,5-7,9-10H2,(H,23,25)/b2-1-. The average Bonchev–Trinajstić information content (AvgIpc) is 2.56. The first-order chi connectivity index (χ1) is 12.3. The van der Waals surface area contributed by atoms with Gasteiger partial charge in [0.25, 0.3) is 0 Å². The molecule has 9 heteroatoms. The summed E-state index contributed by atoms with van der Waals surface area (Å²) in [4.78, 5) is 14.0. The summed E-state index contributed by atoms with van der Waals surface area (Å²) < 4.78 is 44.1. The molecule has 1 aromatic carbocycles. The van der Waals surface area contributed by atoms with E-state index in [1.54, 1.807) is 4.90 Å². The zero-order valence-electron chi connectivity index (χ0n) is 13.7. The highest BCUT2D eigenvalue weighted by atomic mass is 35.5. The van der Waals surface area contributed by atoms with Gasteiger partial charge in [0.1, 0.15) is 6.73 Å². The number of alkyl halides is 3. The van der Waals surface area contributed by atoms with Gasteiger partial charge in [-0.1, -0.05) is 23.8 Å². The molecule has 2 N–H and O–H groups in total. The maximum atomic E-state index is 12.9. The molecule has 0 aromatic heterocycles. The minimum Gasteiger partial charge on any atom is -0.366 e. The number of hydrogen-bond acceptors (Lipinski definition) is 3. The number of urea groups is 1. The summed E-state index contributed by atoms with van der Waals surface area (Å²) in [6, 6.07) is 2.85. The minimum absolute atomic E-state index is 0.0474. The third kappa shape index (κ3) is 4.31. The van der Waals surface area contributed by atoms with Crippen LogP contribution in [0.1, 0.15) is 12.0 Å². The van der Waals surface area contributed by atoms with Crippen molar-refractivity contribution in [1.82, 2.24) is 10.2 Å². The third-order valence-corrected chi connectivity index (χ3v) is 4.44. The number of nitrogens with zero attached hydrogens (tertiary/aromatic N) is 1. The number of carbonyl (C=O) groups excluding carboxylic acids is 1. The molecule has 2 heterocycles. The second-order valence-electron chi connectivity index (χ2n) is 5.89. The second-order valence-corrected chi connectivity index (χ2v) is 6.30. The van der Waals surface area contributed by atoms with Gasteiger partial charge >= 0.3 is 12.2 Å². The largest absolute Gasteiger partial charge is 0.417 e. The van der Waals surface area contributed by atoms with Gasteiger partial charge in [-0.05, 0) is 23.8 Å². The van der Waals surface area contributed by atoms with Crippen molar-refractivity contribution in [2.75, 3.05) is 31.7 Å². The normalized spacial score (nSPS) is 19.2. The summed E-state index contributed by atoms with van der Waals surface area (Å²) in [5.41, 5.74) is 1.04. The first kappa shape index (κ1) is 18.6. The molecular weight excluding hydrogens is 371 g/mol. The Morgan fingerprint density at radius 1 is 1.35 bits per heavy atom. The molecule has 0 saturated carbocycles. The van der Waals surface area contributed by atoms with Gasteiger partial charge in [-0.25, -0.2) is 4.79 Å². The number of hydrogen-bond donors (Lipinski definition) is 2. The van der Waals surface area contributed by atoms with Crippen molar-refractivity contribution in [2.24, 2.45) is 0 Å². The summed E-state index contributed by atoms with van der Waals surface area (Å²) in [6.45, 7) is 1.69. The smallest absolute Gasteiger partial charge is 0.366 e. The highest BCUT2D eigenvalue weighted by Crippen LogP contribution is 2.36. The Balaban J connectivity index is 1.71. The van der Waals surface area contributed by atoms with Crippen LogP contribution in [-0.4, -0.2) is 37.4 Å². The summed E-state index contributed by atoms with van der Waals surface area (Å²) in [5, 5.41) is 5.28. The topological polar surface area (TPSA) is 53.6 Å². The van der Waals surface area contributed by atoms with Crippen molar-refractivity contribution >= 4 is 23.3 Å². The molecule has 0 atom stereocenters. The molecule has 2 aliphatic rings. The number of rotatable bonds is 1. The fourth-order valence-electron chi connectivity index (χ4n) is 2.79. The van der Waals surface area contributed by atoms with Gasteiger partial charge in [0.05, 0.1) is 17.2 Å². The zero-order chi connectivity index (χ0) is 18.7. The molecule has 0 aliphatic carbocycles. The molecule has 5 nitrogen and oxygen atoms in total. The quantitative estimate of drug-likeness (QED) is 0.766. The molecule has 3 rings (SSSR count). The molecule has 0 radical (unpaired) electrons. The molecular formula is C17H17ClF3N3O2. The summed E-state index contributed by atoms with van der Waals surface area (Å²) in [5.74, 6) is 0. The number of halogens is 4. The van der Waals surface area contributed by atoms with E-state index in [9.17, 15) is 18.0 Å². The predicted molar refractivity (Wildman–Crippen MR) is 91.8 cm³/mol. The lowest BCUT2D eigenvalue weighted by Crippen LogP contribution is -2.41. The zero-order valence-corrected chi connectivity index (χ0v) is 14.5. The maximum Gasteiger partial charge on any atom is 0.417 e. The molecule has 140 valence electrons. The van der Waals surface area contributed by atoms with Gasteiger partial charge < -0.3 is 20.3 Å². The van der Waals surface area contributed by atoms with Crippen LogP contribution in [0.25, 0.3) is 0 Å². The van der Waals surface area contributed by atoms with Crippen molar-refractivity contribution in [3.63, 3.8) is 0 Å². The highest BCUT2D eigenvalue weighted by Gasteiger charge is 2.33. The van der Waals surface area contributed by atoms with Gasteiger partial charge in [0.2, 0.25) is 0 Å². The summed E-state index contributed by atoms with van der Waals surface area (Å²) in [6.07, 6.45) is -0.206. The molecule has 2 aliphatic heterocycles. The van der Waals surface area contributed by atoms with Crippen LogP contribution in [0.3, 0.4) is 0 Å². The van der Waals surface area contributed by atoms with Crippen LogP contribution in [0, 0.1) is 0 Å². The average molecular weight is 388 g/mol. The fourth-order valence-corrected chi connectivity index (χ4v) is 3.02. The van der Waals surface area contributed by atoms with E-state index in [4.69, 9.17) is 16.3 Å². The van der Waals surface area contributed by atoms with Crippen LogP contribution < -0.4 is 10.6 Å². The monoisotopic (exact) mass is 387 g/mol. The van der Waals surface area contributed by atoms with E-state index < -0.39 is 22.8 Å². The van der Waals surface area contributed by atoms with Crippen molar-refractivity contribution in [1.29, 1.82) is 0 Å². The predicted octanol–water partition coefficient (Wildman–Crippen LogP) is 3.98. The molecule has 0 spiro atoms. The SMILES string of the molecule is O=C(Nc1ccc(Cl)c(C(F)(F)F)c1)N1CCC2=C(/C=C\COCN2)C1. The van der Waals surface area contributed by atoms with Gasteiger partial charge in [0, 0.05) is 30.9 Å². The van der Waals surface area contributed by atoms with Crippen LogP contribution >= 0.6 is 11.6 Å². The highest BCUT2D eigenvalue weighted by molar-refractivity contribution is 6.31. The molecule has 0 unspecified atom stereocenters. The van der Waals surface area contributed by atoms with E-state index in [1.807, 2.05) is 12.2 Å². The maximum absolute atomic E-state index is 12.9. The lowest BCUT2D eigenvalue weighted by atomic mass is 10.1. The first-order valence-electron chi connectivity index (χ1n) is 7.97. The Bertz CT molecular complexity index is 762. The summed E-state index contributed by atoms with van der Waals surface area (Å²) >= 11 is 5.60. The molecule has 0 fully saturated rings. The van der Waals surface area contributed by atoms with Crippen LogP contribution in [0.2, 0.25) is 5.02 Å². The number of benzene rings is 1. The number of ether oxygens (including phenoxy) is 1. The molecule has 1 aromatic rings. The fraction of sp³-hybridized carbons (Fsp3) is 0.353. The third-order valence-electron chi connectivity index (χ3n) is 4.11. The minimum atomic E-state index is -4.58. The van der Waals surface area contributed by atoms with E-state index >= 15 is 0 Å². The molecule has 0 bridgehead atoms. The molecule has 26 heavy (non-hydrogen) atoms. The van der Waals surface area contributed by atoms with Gasteiger partial charge in [0.15, 0.2) is 0 Å². The van der Waals surface area contributed by atoms with E-state index in [1.165, 1.54) is 6.07 Å². The van der Waals surface area contributed by atoms with Crippen LogP contribution in [0.4, 0.5) is 23.7 Å². The van der Waals surface area contributed by atoms with Gasteiger partial charge in [-0.15, -0.1) is 0 Å². The van der Waals surface area contributed by atoms with E-state index in [-0.39, 0.29) is 5.69 Å². The van der Waals surface area contributed by atoms with Crippen molar-refractivity contribution in [3.05, 3.63) is 52.2 Å². The number of carbonyl (C=O) groups is 1. The van der Waals surface area contributed by atoms with E-state index in [0.29, 0.717) is 32.8 Å². The molecule has 0 saturated heterocycles. The van der Waals surface area contributed by atoms with E-state index in [0.717, 1.165) is 23.4 Å². The second kappa shape index (κ2) is 7.59. The van der Waals surface area contributed by atoms with E-state index in [2.05, 4.69) is 10.6 Å². The number of nitrogens with one attached hydrogen (secondary N) is 2. The van der Waals surface area contributed by atoms with Crippen LogP contribution in [0.5, 0.6) is 0 Å². The van der Waals surface area contributed by atoms with Crippen molar-refractivity contribution < 1.29 is 22.7 Å². The Kier molecular flexibility index (Phi) is 5.43. The van der Waals surface area contributed by atoms with Crippen molar-refractivity contribution in [3.8, 4) is 0 Å². The molecule has 2 amide bonds. The Morgan fingerprint density at radius 3 is 2.92 bits per heavy atom. The lowest BCUT2D eigenvalue weighted by molar-refractivity contribution is -0.137. The van der Waals surface area contributed by atoms with Crippen LogP contribution in [-0.2, 0) is 10.9 Å². The van der Waals surface area contributed by atoms with Gasteiger partial charge in [-0.2, -0.15) is 13.2 Å². The number of anilines is 1.